The van der Waals surface area contributed by atoms with Crippen molar-refractivity contribution in [2.75, 3.05) is 26.7 Å². The second kappa shape index (κ2) is 4.66. The Balaban J connectivity index is 1.78. The molecule has 94 valence electrons. The minimum atomic E-state index is 0.656. The molecule has 2 heteroatoms. The topological polar surface area (TPSA) is 15.3 Å². The molecule has 1 saturated carbocycles. The quantitative estimate of drug-likeness (QED) is 0.788. The van der Waals surface area contributed by atoms with Gasteiger partial charge in [0.25, 0.3) is 0 Å². The summed E-state index contributed by atoms with van der Waals surface area (Å²) in [5, 5.41) is 3.85. The van der Waals surface area contributed by atoms with E-state index in [-0.39, 0.29) is 0 Å². The van der Waals surface area contributed by atoms with Gasteiger partial charge < -0.3 is 10.2 Å². The van der Waals surface area contributed by atoms with Crippen molar-refractivity contribution in [3.05, 3.63) is 0 Å². The average molecular weight is 224 g/mol. The van der Waals surface area contributed by atoms with Crippen LogP contribution in [0.5, 0.6) is 0 Å². The van der Waals surface area contributed by atoms with E-state index in [1.807, 2.05) is 0 Å². The summed E-state index contributed by atoms with van der Waals surface area (Å²) in [4.78, 5) is 2.46. The SMILES string of the molecule is CC1CN(C)CCC1NCC1(C(C)C)CC1. The van der Waals surface area contributed by atoms with Gasteiger partial charge in [-0.2, -0.15) is 0 Å². The molecule has 1 N–H and O–H groups in total. The lowest BCUT2D eigenvalue weighted by Gasteiger charge is -2.36. The molecule has 0 bridgehead atoms. The standard InChI is InChI=1S/C14H28N2/c1-11(2)14(6-7-14)10-15-13-5-8-16(4)9-12(13)3/h11-13,15H,5-10H2,1-4H3. The van der Waals surface area contributed by atoms with E-state index in [0.717, 1.165) is 17.9 Å². The van der Waals surface area contributed by atoms with Crippen molar-refractivity contribution in [2.24, 2.45) is 17.3 Å². The zero-order valence-corrected chi connectivity index (χ0v) is 11.4. The van der Waals surface area contributed by atoms with Crippen molar-refractivity contribution < 1.29 is 0 Å². The molecule has 1 saturated heterocycles. The van der Waals surface area contributed by atoms with E-state index in [9.17, 15) is 0 Å². The Morgan fingerprint density at radius 2 is 2.06 bits per heavy atom. The maximum absolute atomic E-state index is 3.85. The van der Waals surface area contributed by atoms with Gasteiger partial charge in [-0.1, -0.05) is 20.8 Å². The molecular weight excluding hydrogens is 196 g/mol. The van der Waals surface area contributed by atoms with Crippen LogP contribution in [-0.4, -0.2) is 37.6 Å². The molecule has 2 fully saturated rings. The Morgan fingerprint density at radius 1 is 1.38 bits per heavy atom. The molecule has 0 spiro atoms. The number of rotatable bonds is 4. The predicted octanol–water partition coefficient (Wildman–Crippen LogP) is 2.35. The van der Waals surface area contributed by atoms with Gasteiger partial charge >= 0.3 is 0 Å². The fraction of sp³-hybridized carbons (Fsp3) is 1.00. The van der Waals surface area contributed by atoms with Crippen molar-refractivity contribution >= 4 is 0 Å². The van der Waals surface area contributed by atoms with Crippen molar-refractivity contribution in [3.63, 3.8) is 0 Å². The van der Waals surface area contributed by atoms with Gasteiger partial charge in [-0.25, -0.2) is 0 Å². The van der Waals surface area contributed by atoms with Crippen molar-refractivity contribution in [3.8, 4) is 0 Å². The molecule has 0 aromatic carbocycles. The summed E-state index contributed by atoms with van der Waals surface area (Å²) in [5.41, 5.74) is 0.656. The summed E-state index contributed by atoms with van der Waals surface area (Å²) in [6.45, 7) is 10.9. The molecule has 1 aliphatic heterocycles. The third-order valence-corrected chi connectivity index (χ3v) is 4.94. The van der Waals surface area contributed by atoms with Crippen LogP contribution in [0.3, 0.4) is 0 Å². The second-order valence-corrected chi connectivity index (χ2v) is 6.53. The highest BCUT2D eigenvalue weighted by Crippen LogP contribution is 2.51. The fourth-order valence-corrected chi connectivity index (χ4v) is 3.11. The number of likely N-dealkylation sites (tertiary alicyclic amines) is 1. The van der Waals surface area contributed by atoms with Gasteiger partial charge in [0, 0.05) is 19.1 Å². The Hall–Kier alpha value is -0.0800. The van der Waals surface area contributed by atoms with E-state index >= 15 is 0 Å². The largest absolute Gasteiger partial charge is 0.313 e. The van der Waals surface area contributed by atoms with Crippen LogP contribution in [0.25, 0.3) is 0 Å². The Kier molecular flexibility index (Phi) is 3.60. The molecule has 2 aliphatic rings. The van der Waals surface area contributed by atoms with E-state index in [1.165, 1.54) is 38.9 Å². The number of piperidine rings is 1. The summed E-state index contributed by atoms with van der Waals surface area (Å²) in [6, 6.07) is 0.757. The van der Waals surface area contributed by atoms with E-state index in [2.05, 4.69) is 38.0 Å². The van der Waals surface area contributed by atoms with Crippen LogP contribution in [0.4, 0.5) is 0 Å². The minimum absolute atomic E-state index is 0.656. The van der Waals surface area contributed by atoms with E-state index in [1.54, 1.807) is 0 Å². The monoisotopic (exact) mass is 224 g/mol. The molecule has 2 nitrogen and oxygen atoms in total. The second-order valence-electron chi connectivity index (χ2n) is 6.53. The lowest BCUT2D eigenvalue weighted by Crippen LogP contribution is -2.48. The Labute approximate surface area is 101 Å². The molecule has 1 aliphatic carbocycles. The van der Waals surface area contributed by atoms with Gasteiger partial charge in [-0.15, -0.1) is 0 Å². The van der Waals surface area contributed by atoms with Gasteiger partial charge in [-0.05, 0) is 50.1 Å². The fourth-order valence-electron chi connectivity index (χ4n) is 3.11. The van der Waals surface area contributed by atoms with Crippen LogP contribution >= 0.6 is 0 Å². The first-order chi connectivity index (χ1) is 7.53. The minimum Gasteiger partial charge on any atom is -0.313 e. The van der Waals surface area contributed by atoms with Gasteiger partial charge in [0.2, 0.25) is 0 Å². The van der Waals surface area contributed by atoms with Crippen LogP contribution in [0, 0.1) is 17.3 Å². The maximum atomic E-state index is 3.85. The molecule has 0 radical (unpaired) electrons. The average Bonchev–Trinajstić information content (AvgIpc) is 2.97. The zero-order valence-electron chi connectivity index (χ0n) is 11.4. The van der Waals surface area contributed by atoms with E-state index in [4.69, 9.17) is 0 Å². The van der Waals surface area contributed by atoms with Crippen LogP contribution in [-0.2, 0) is 0 Å². The molecule has 0 aromatic heterocycles. The number of nitrogens with one attached hydrogen (secondary N) is 1. The Morgan fingerprint density at radius 3 is 2.56 bits per heavy atom. The predicted molar refractivity (Wildman–Crippen MR) is 69.6 cm³/mol. The third-order valence-electron chi connectivity index (χ3n) is 4.94. The first-order valence-electron chi connectivity index (χ1n) is 6.95. The lowest BCUT2D eigenvalue weighted by molar-refractivity contribution is 0.165. The maximum Gasteiger partial charge on any atom is 0.0117 e. The summed E-state index contributed by atoms with van der Waals surface area (Å²) in [7, 11) is 2.24. The van der Waals surface area contributed by atoms with Crippen LogP contribution in [0.2, 0.25) is 0 Å². The third kappa shape index (κ3) is 2.60. The first kappa shape index (κ1) is 12.4. The first-order valence-corrected chi connectivity index (χ1v) is 6.95. The summed E-state index contributed by atoms with van der Waals surface area (Å²) >= 11 is 0. The number of hydrogen-bond donors (Lipinski definition) is 1. The number of hydrogen-bond acceptors (Lipinski definition) is 2. The smallest absolute Gasteiger partial charge is 0.0117 e. The highest BCUT2D eigenvalue weighted by atomic mass is 15.1. The molecule has 2 unspecified atom stereocenters. The van der Waals surface area contributed by atoms with Crippen LogP contribution in [0.1, 0.15) is 40.0 Å². The van der Waals surface area contributed by atoms with Crippen molar-refractivity contribution in [1.82, 2.24) is 10.2 Å². The highest BCUT2D eigenvalue weighted by Gasteiger charge is 2.45. The summed E-state index contributed by atoms with van der Waals surface area (Å²) in [5.74, 6) is 1.66. The van der Waals surface area contributed by atoms with Gasteiger partial charge in [-0.3, -0.25) is 0 Å². The number of nitrogens with zero attached hydrogens (tertiary/aromatic N) is 1. The van der Waals surface area contributed by atoms with E-state index in [0.29, 0.717) is 5.41 Å². The van der Waals surface area contributed by atoms with Crippen LogP contribution < -0.4 is 5.32 Å². The van der Waals surface area contributed by atoms with Gasteiger partial charge in [0.1, 0.15) is 0 Å². The van der Waals surface area contributed by atoms with Crippen molar-refractivity contribution in [2.45, 2.75) is 46.1 Å². The molecule has 2 rings (SSSR count). The van der Waals surface area contributed by atoms with Crippen LogP contribution in [0.15, 0.2) is 0 Å². The molecule has 0 aromatic rings. The van der Waals surface area contributed by atoms with Gasteiger partial charge in [0.15, 0.2) is 0 Å². The normalized spacial score (nSPS) is 34.3. The molecule has 16 heavy (non-hydrogen) atoms. The van der Waals surface area contributed by atoms with Gasteiger partial charge in [0.05, 0.1) is 0 Å². The molecule has 1 heterocycles. The lowest BCUT2D eigenvalue weighted by atomic mass is 9.89. The molecular formula is C14H28N2. The highest BCUT2D eigenvalue weighted by molar-refractivity contribution is 4.98. The zero-order chi connectivity index (χ0) is 11.8. The molecule has 2 atom stereocenters. The molecule has 0 amide bonds. The van der Waals surface area contributed by atoms with Crippen molar-refractivity contribution in [1.29, 1.82) is 0 Å². The Bertz CT molecular complexity index is 233. The summed E-state index contributed by atoms with van der Waals surface area (Å²) in [6.07, 6.45) is 4.21. The summed E-state index contributed by atoms with van der Waals surface area (Å²) < 4.78 is 0. The van der Waals surface area contributed by atoms with E-state index < -0.39 is 0 Å².